The van der Waals surface area contributed by atoms with Crippen LogP contribution >= 0.6 is 12.4 Å². The lowest BCUT2D eigenvalue weighted by atomic mass is 9.87. The third-order valence-corrected chi connectivity index (χ3v) is 4.70. The fourth-order valence-electron chi connectivity index (χ4n) is 2.38. The second-order valence-electron chi connectivity index (χ2n) is 7.68. The third kappa shape index (κ3) is 7.75. The zero-order valence-electron chi connectivity index (χ0n) is 16.6. The summed E-state index contributed by atoms with van der Waals surface area (Å²) >= 11 is 0. The van der Waals surface area contributed by atoms with Crippen LogP contribution in [0.2, 0.25) is 0 Å². The van der Waals surface area contributed by atoms with Crippen molar-refractivity contribution in [2.24, 2.45) is 5.73 Å². The summed E-state index contributed by atoms with van der Waals surface area (Å²) in [6, 6.07) is 7.58. The Hall–Kier alpha value is -1.59. The van der Waals surface area contributed by atoms with Crippen molar-refractivity contribution < 1.29 is 9.59 Å². The van der Waals surface area contributed by atoms with Crippen LogP contribution < -0.4 is 16.4 Å². The summed E-state index contributed by atoms with van der Waals surface area (Å²) in [6.45, 7) is 11.2. The quantitative estimate of drug-likeness (QED) is 0.644. The third-order valence-electron chi connectivity index (χ3n) is 4.70. The normalized spacial score (nSPS) is 11.5. The predicted octanol–water partition coefficient (Wildman–Crippen LogP) is 3.16. The first-order chi connectivity index (χ1) is 11.6. The number of carbonyl (C=O) groups excluding carboxylic acids is 2. The highest BCUT2D eigenvalue weighted by Crippen LogP contribution is 2.22. The lowest BCUT2D eigenvalue weighted by molar-refractivity contribution is -0.121. The number of rotatable bonds is 8. The van der Waals surface area contributed by atoms with Crippen LogP contribution in [0.5, 0.6) is 0 Å². The van der Waals surface area contributed by atoms with Crippen molar-refractivity contribution in [1.82, 2.24) is 10.6 Å². The molecule has 0 heterocycles. The summed E-state index contributed by atoms with van der Waals surface area (Å²) in [6.07, 6.45) is 1.87. The van der Waals surface area contributed by atoms with Crippen molar-refractivity contribution in [2.45, 2.75) is 64.8 Å². The van der Waals surface area contributed by atoms with Gasteiger partial charge < -0.3 is 16.4 Å². The lowest BCUT2D eigenvalue weighted by Gasteiger charge is -2.26. The van der Waals surface area contributed by atoms with Gasteiger partial charge >= 0.3 is 0 Å². The number of hydrogen-bond acceptors (Lipinski definition) is 3. The molecule has 6 heteroatoms. The molecule has 0 atom stereocenters. The van der Waals surface area contributed by atoms with E-state index in [-0.39, 0.29) is 41.6 Å². The van der Waals surface area contributed by atoms with Crippen molar-refractivity contribution in [3.63, 3.8) is 0 Å². The maximum Gasteiger partial charge on any atom is 0.251 e. The Morgan fingerprint density at radius 1 is 1.00 bits per heavy atom. The smallest absolute Gasteiger partial charge is 0.251 e. The molecule has 0 radical (unpaired) electrons. The number of hydrogen-bond donors (Lipinski definition) is 3. The van der Waals surface area contributed by atoms with E-state index in [0.29, 0.717) is 18.7 Å². The summed E-state index contributed by atoms with van der Waals surface area (Å²) < 4.78 is 0. The van der Waals surface area contributed by atoms with Gasteiger partial charge in [0.15, 0.2) is 0 Å². The summed E-state index contributed by atoms with van der Waals surface area (Å²) in [4.78, 5) is 24.0. The average Bonchev–Trinajstić information content (AvgIpc) is 2.59. The molecule has 1 aromatic carbocycles. The van der Waals surface area contributed by atoms with E-state index in [1.807, 2.05) is 38.1 Å². The highest BCUT2D eigenvalue weighted by atomic mass is 35.5. The minimum atomic E-state index is -0.353. The fraction of sp³-hybridized carbons (Fsp3) is 0.600. The predicted molar refractivity (Wildman–Crippen MR) is 110 cm³/mol. The molecule has 2 amide bonds. The molecule has 0 aliphatic heterocycles. The first-order valence-corrected chi connectivity index (χ1v) is 9.05. The molecule has 5 nitrogen and oxygen atoms in total. The topological polar surface area (TPSA) is 84.2 Å². The van der Waals surface area contributed by atoms with E-state index in [2.05, 4.69) is 31.4 Å². The Balaban J connectivity index is 0.00000625. The van der Waals surface area contributed by atoms with E-state index < -0.39 is 0 Å². The molecule has 148 valence electrons. The molecule has 0 aromatic heterocycles. The maximum absolute atomic E-state index is 12.1. The second-order valence-corrected chi connectivity index (χ2v) is 7.68. The van der Waals surface area contributed by atoms with Gasteiger partial charge in [0.05, 0.1) is 0 Å². The van der Waals surface area contributed by atoms with Gasteiger partial charge in [0.2, 0.25) is 5.91 Å². The summed E-state index contributed by atoms with van der Waals surface area (Å²) in [5.41, 5.74) is 7.64. The van der Waals surface area contributed by atoms with Gasteiger partial charge in [-0.1, -0.05) is 46.8 Å². The molecule has 0 fully saturated rings. The fourth-order valence-corrected chi connectivity index (χ4v) is 2.38. The minimum absolute atomic E-state index is 0. The Morgan fingerprint density at radius 3 is 2.00 bits per heavy atom. The van der Waals surface area contributed by atoms with Crippen LogP contribution in [0.4, 0.5) is 0 Å². The molecule has 1 aromatic rings. The van der Waals surface area contributed by atoms with Crippen LogP contribution in [0.3, 0.4) is 0 Å². The van der Waals surface area contributed by atoms with Crippen molar-refractivity contribution in [2.75, 3.05) is 13.1 Å². The van der Waals surface area contributed by atoms with Crippen LogP contribution in [0.25, 0.3) is 0 Å². The van der Waals surface area contributed by atoms with Crippen LogP contribution in [0.15, 0.2) is 24.3 Å². The van der Waals surface area contributed by atoms with E-state index >= 15 is 0 Å². The van der Waals surface area contributed by atoms with Crippen molar-refractivity contribution in [3.05, 3.63) is 35.4 Å². The van der Waals surface area contributed by atoms with E-state index in [1.54, 1.807) is 0 Å². The van der Waals surface area contributed by atoms with E-state index in [1.165, 1.54) is 5.56 Å². The highest BCUT2D eigenvalue weighted by molar-refractivity contribution is 5.94. The average molecular weight is 384 g/mol. The van der Waals surface area contributed by atoms with Gasteiger partial charge in [-0.3, -0.25) is 9.59 Å². The molecule has 0 spiro atoms. The molecule has 0 aliphatic rings. The number of amides is 2. The first kappa shape index (κ1) is 24.4. The molecular formula is C20H34ClN3O2. The monoisotopic (exact) mass is 383 g/mol. The van der Waals surface area contributed by atoms with Crippen molar-refractivity contribution in [3.8, 4) is 0 Å². The number of nitrogens with two attached hydrogens (primary N) is 1. The highest BCUT2D eigenvalue weighted by Gasteiger charge is 2.20. The largest absolute Gasteiger partial charge is 0.354 e. The van der Waals surface area contributed by atoms with Crippen LogP contribution in [-0.4, -0.2) is 30.4 Å². The molecule has 0 bridgehead atoms. The number of nitrogens with one attached hydrogen (secondary N) is 2. The molecule has 0 saturated heterocycles. The van der Waals surface area contributed by atoms with Gasteiger partial charge in [-0.05, 0) is 36.0 Å². The number of carbonyl (C=O) groups is 2. The first-order valence-electron chi connectivity index (χ1n) is 9.05. The van der Waals surface area contributed by atoms with Gasteiger partial charge in [-0.2, -0.15) is 0 Å². The number of benzene rings is 1. The molecule has 0 unspecified atom stereocenters. The Bertz CT molecular complexity index is 576. The summed E-state index contributed by atoms with van der Waals surface area (Å²) in [5.74, 6) is -0.261. The molecular weight excluding hydrogens is 350 g/mol. The molecule has 0 saturated carbocycles. The Labute approximate surface area is 163 Å². The van der Waals surface area contributed by atoms with Crippen LogP contribution in [0, 0.1) is 0 Å². The lowest BCUT2D eigenvalue weighted by Crippen LogP contribution is -2.49. The minimum Gasteiger partial charge on any atom is -0.354 e. The van der Waals surface area contributed by atoms with Gasteiger partial charge in [0, 0.05) is 30.6 Å². The Morgan fingerprint density at radius 2 is 1.54 bits per heavy atom. The Kier molecular flexibility index (Phi) is 9.89. The van der Waals surface area contributed by atoms with Gasteiger partial charge in [-0.25, -0.2) is 0 Å². The molecule has 1 rings (SSSR count). The summed E-state index contributed by atoms with van der Waals surface area (Å²) in [5, 5.41) is 5.63. The molecule has 26 heavy (non-hydrogen) atoms. The van der Waals surface area contributed by atoms with E-state index in [0.717, 1.165) is 12.8 Å². The molecule has 0 aliphatic carbocycles. The van der Waals surface area contributed by atoms with Crippen molar-refractivity contribution >= 4 is 24.2 Å². The van der Waals surface area contributed by atoms with Crippen LogP contribution in [0.1, 0.15) is 69.8 Å². The maximum atomic E-state index is 12.1. The van der Waals surface area contributed by atoms with Crippen molar-refractivity contribution in [1.29, 1.82) is 0 Å². The summed E-state index contributed by atoms with van der Waals surface area (Å²) in [7, 11) is 0. The second kappa shape index (κ2) is 10.5. The van der Waals surface area contributed by atoms with E-state index in [9.17, 15) is 9.59 Å². The van der Waals surface area contributed by atoms with Gasteiger partial charge in [-0.15, -0.1) is 12.4 Å². The standard InChI is InChI=1S/C20H33N3O2.ClH/c1-6-20(21,7-2)14-23-17(24)12-13-22-18(25)15-8-10-16(11-9-15)19(3,4)5;/h8-11H,6-7,12-14,21H2,1-5H3,(H,22,25)(H,23,24);1H. The van der Waals surface area contributed by atoms with E-state index in [4.69, 9.17) is 5.73 Å². The zero-order chi connectivity index (χ0) is 19.1. The zero-order valence-corrected chi connectivity index (χ0v) is 17.5. The molecule has 4 N–H and O–H groups in total. The van der Waals surface area contributed by atoms with Crippen LogP contribution in [-0.2, 0) is 10.2 Å². The van der Waals surface area contributed by atoms with Gasteiger partial charge in [0.1, 0.15) is 0 Å². The SMILES string of the molecule is CCC(N)(CC)CNC(=O)CCNC(=O)c1ccc(C(C)(C)C)cc1.Cl. The number of halogens is 1. The van der Waals surface area contributed by atoms with Gasteiger partial charge in [0.25, 0.3) is 5.91 Å².